The number of carbonyl (C=O) groups is 1. The Hall–Kier alpha value is -1.25. The van der Waals surface area contributed by atoms with Crippen LogP contribution in [0.4, 0.5) is 0 Å². The van der Waals surface area contributed by atoms with E-state index in [-0.39, 0.29) is 5.97 Å². The molecule has 1 aliphatic heterocycles. The van der Waals surface area contributed by atoms with Gasteiger partial charge in [-0.1, -0.05) is 12.7 Å². The van der Waals surface area contributed by atoms with Gasteiger partial charge in [0.05, 0.1) is 6.61 Å². The number of ether oxygens (including phenoxy) is 1. The number of esters is 1. The molecular formula is C10H15NO2. The molecule has 1 aliphatic rings. The van der Waals surface area contributed by atoms with Gasteiger partial charge in [-0.2, -0.15) is 0 Å². The highest BCUT2D eigenvalue weighted by Gasteiger charge is 2.15. The number of carbonyl (C=O) groups excluding carboxylic acids is 1. The van der Waals surface area contributed by atoms with E-state index in [0.29, 0.717) is 6.61 Å². The van der Waals surface area contributed by atoms with Crippen molar-refractivity contribution in [1.29, 1.82) is 0 Å². The summed E-state index contributed by atoms with van der Waals surface area (Å²) in [7, 11) is 0. The normalized spacial score (nSPS) is 16.4. The molecule has 3 heteroatoms. The van der Waals surface area contributed by atoms with Gasteiger partial charge in [-0.15, -0.1) is 0 Å². The summed E-state index contributed by atoms with van der Waals surface area (Å²) in [5.41, 5.74) is 0.792. The average Bonchev–Trinajstić information content (AvgIpc) is 2.18. The summed E-state index contributed by atoms with van der Waals surface area (Å²) >= 11 is 0. The SMILES string of the molecule is C=CN1CC=C(C(=O)OCC)CC1. The van der Waals surface area contributed by atoms with Crippen molar-refractivity contribution >= 4 is 5.97 Å². The fraction of sp³-hybridized carbons (Fsp3) is 0.500. The van der Waals surface area contributed by atoms with Crippen molar-refractivity contribution in [2.75, 3.05) is 19.7 Å². The first-order valence-electron chi connectivity index (χ1n) is 4.50. The van der Waals surface area contributed by atoms with Crippen LogP contribution >= 0.6 is 0 Å². The molecule has 72 valence electrons. The summed E-state index contributed by atoms with van der Waals surface area (Å²) in [6.45, 7) is 7.55. The van der Waals surface area contributed by atoms with E-state index < -0.39 is 0 Å². The Labute approximate surface area is 78.7 Å². The number of hydrogen-bond donors (Lipinski definition) is 0. The fourth-order valence-corrected chi connectivity index (χ4v) is 1.26. The lowest BCUT2D eigenvalue weighted by Gasteiger charge is -2.23. The topological polar surface area (TPSA) is 29.5 Å². The van der Waals surface area contributed by atoms with Gasteiger partial charge in [-0.05, 0) is 19.5 Å². The lowest BCUT2D eigenvalue weighted by Crippen LogP contribution is -2.25. The van der Waals surface area contributed by atoms with Gasteiger partial charge in [-0.25, -0.2) is 4.79 Å². The van der Waals surface area contributed by atoms with Crippen LogP contribution in [0.25, 0.3) is 0 Å². The van der Waals surface area contributed by atoms with Gasteiger partial charge in [0.25, 0.3) is 0 Å². The van der Waals surface area contributed by atoms with Gasteiger partial charge in [0.15, 0.2) is 0 Å². The quantitative estimate of drug-likeness (QED) is 0.615. The van der Waals surface area contributed by atoms with E-state index in [9.17, 15) is 4.79 Å². The van der Waals surface area contributed by atoms with Crippen molar-refractivity contribution < 1.29 is 9.53 Å². The van der Waals surface area contributed by atoms with Crippen LogP contribution in [0.3, 0.4) is 0 Å². The smallest absolute Gasteiger partial charge is 0.333 e. The van der Waals surface area contributed by atoms with Crippen LogP contribution in [0, 0.1) is 0 Å². The molecular weight excluding hydrogens is 166 g/mol. The first kappa shape index (κ1) is 9.84. The highest BCUT2D eigenvalue weighted by molar-refractivity contribution is 5.88. The highest BCUT2D eigenvalue weighted by atomic mass is 16.5. The fourth-order valence-electron chi connectivity index (χ4n) is 1.26. The van der Waals surface area contributed by atoms with E-state index in [1.54, 1.807) is 6.20 Å². The Morgan fingerprint density at radius 1 is 1.85 bits per heavy atom. The van der Waals surface area contributed by atoms with Crippen LogP contribution in [-0.4, -0.2) is 30.6 Å². The van der Waals surface area contributed by atoms with Crippen LogP contribution in [-0.2, 0) is 9.53 Å². The van der Waals surface area contributed by atoms with E-state index in [0.717, 1.165) is 25.1 Å². The first-order chi connectivity index (χ1) is 6.27. The minimum atomic E-state index is -0.175. The Bertz CT molecular complexity index is 233. The van der Waals surface area contributed by atoms with Crippen LogP contribution in [0.5, 0.6) is 0 Å². The maximum absolute atomic E-state index is 11.3. The molecule has 13 heavy (non-hydrogen) atoms. The standard InChI is InChI=1S/C10H15NO2/c1-3-11-7-5-9(6-8-11)10(12)13-4-2/h3,5H,1,4,6-8H2,2H3. The van der Waals surface area contributed by atoms with Gasteiger partial charge >= 0.3 is 5.97 Å². The molecule has 0 radical (unpaired) electrons. The van der Waals surface area contributed by atoms with E-state index in [2.05, 4.69) is 11.5 Å². The molecule has 0 atom stereocenters. The zero-order valence-corrected chi connectivity index (χ0v) is 7.95. The van der Waals surface area contributed by atoms with E-state index in [1.165, 1.54) is 0 Å². The molecule has 0 amide bonds. The minimum Gasteiger partial charge on any atom is -0.463 e. The van der Waals surface area contributed by atoms with Crippen molar-refractivity contribution in [1.82, 2.24) is 4.90 Å². The van der Waals surface area contributed by atoms with Gasteiger partial charge in [0, 0.05) is 18.7 Å². The zero-order valence-electron chi connectivity index (χ0n) is 7.95. The summed E-state index contributed by atoms with van der Waals surface area (Å²) in [4.78, 5) is 13.3. The van der Waals surface area contributed by atoms with Gasteiger partial charge in [0.2, 0.25) is 0 Å². The van der Waals surface area contributed by atoms with Crippen molar-refractivity contribution in [3.8, 4) is 0 Å². The molecule has 0 aliphatic carbocycles. The molecule has 0 N–H and O–H groups in total. The molecule has 0 saturated carbocycles. The molecule has 0 bridgehead atoms. The third-order valence-electron chi connectivity index (χ3n) is 2.04. The first-order valence-corrected chi connectivity index (χ1v) is 4.50. The Balaban J connectivity index is 2.49. The minimum absolute atomic E-state index is 0.175. The maximum atomic E-state index is 11.3. The summed E-state index contributed by atoms with van der Waals surface area (Å²) in [6, 6.07) is 0. The second-order valence-electron chi connectivity index (χ2n) is 2.88. The molecule has 0 unspecified atom stereocenters. The predicted molar refractivity (Wildman–Crippen MR) is 51.1 cm³/mol. The van der Waals surface area contributed by atoms with Crippen molar-refractivity contribution in [3.63, 3.8) is 0 Å². The third-order valence-corrected chi connectivity index (χ3v) is 2.04. The van der Waals surface area contributed by atoms with Crippen molar-refractivity contribution in [2.45, 2.75) is 13.3 Å². The summed E-state index contributed by atoms with van der Waals surface area (Å²) in [5, 5.41) is 0. The van der Waals surface area contributed by atoms with E-state index >= 15 is 0 Å². The number of hydrogen-bond acceptors (Lipinski definition) is 3. The monoisotopic (exact) mass is 181 g/mol. The van der Waals surface area contributed by atoms with Gasteiger partial charge in [-0.3, -0.25) is 0 Å². The molecule has 0 aromatic heterocycles. The molecule has 0 fully saturated rings. The largest absolute Gasteiger partial charge is 0.463 e. The predicted octanol–water partition coefficient (Wildman–Crippen LogP) is 1.33. The Kier molecular flexibility index (Phi) is 3.55. The number of nitrogens with zero attached hydrogens (tertiary/aromatic N) is 1. The Morgan fingerprint density at radius 3 is 3.08 bits per heavy atom. The third kappa shape index (κ3) is 2.61. The summed E-state index contributed by atoms with van der Waals surface area (Å²) in [6.07, 6.45) is 4.45. The summed E-state index contributed by atoms with van der Waals surface area (Å²) in [5.74, 6) is -0.175. The van der Waals surface area contributed by atoms with E-state index in [1.807, 2.05) is 13.0 Å². The van der Waals surface area contributed by atoms with Gasteiger partial charge in [0.1, 0.15) is 0 Å². The average molecular weight is 181 g/mol. The van der Waals surface area contributed by atoms with Crippen molar-refractivity contribution in [2.24, 2.45) is 0 Å². The van der Waals surface area contributed by atoms with E-state index in [4.69, 9.17) is 4.74 Å². The van der Waals surface area contributed by atoms with Crippen molar-refractivity contribution in [3.05, 3.63) is 24.4 Å². The molecule has 0 saturated heterocycles. The van der Waals surface area contributed by atoms with Crippen LogP contribution in [0.15, 0.2) is 24.4 Å². The lowest BCUT2D eigenvalue weighted by atomic mass is 10.1. The molecule has 0 aromatic rings. The molecule has 0 spiro atoms. The summed E-state index contributed by atoms with van der Waals surface area (Å²) < 4.78 is 4.90. The second-order valence-corrected chi connectivity index (χ2v) is 2.88. The number of rotatable bonds is 3. The molecule has 0 aromatic carbocycles. The van der Waals surface area contributed by atoms with Gasteiger partial charge < -0.3 is 9.64 Å². The van der Waals surface area contributed by atoms with Crippen LogP contribution < -0.4 is 0 Å². The molecule has 3 nitrogen and oxygen atoms in total. The van der Waals surface area contributed by atoms with Crippen LogP contribution in [0.1, 0.15) is 13.3 Å². The highest BCUT2D eigenvalue weighted by Crippen LogP contribution is 2.11. The second kappa shape index (κ2) is 4.70. The molecule has 1 rings (SSSR count). The van der Waals surface area contributed by atoms with Crippen LogP contribution in [0.2, 0.25) is 0 Å². The maximum Gasteiger partial charge on any atom is 0.333 e. The Morgan fingerprint density at radius 2 is 2.62 bits per heavy atom. The zero-order chi connectivity index (χ0) is 9.68. The lowest BCUT2D eigenvalue weighted by molar-refractivity contribution is -0.138. The molecule has 1 heterocycles.